The SMILES string of the molecule is CC(C)C[C@H](N)C(=O)N(C(=O)Cc1ccc([N+](=O)[O-])cc1)[C@H](C=O)CCCNC(=N)N.Cl. The summed E-state index contributed by atoms with van der Waals surface area (Å²) in [7, 11) is 0. The molecule has 0 saturated heterocycles. The number of nitrogens with one attached hydrogen (secondary N) is 2. The Hall–Kier alpha value is -3.05. The number of nitrogens with two attached hydrogens (primary N) is 2. The van der Waals surface area contributed by atoms with Crippen LogP contribution in [0.5, 0.6) is 0 Å². The maximum Gasteiger partial charge on any atom is 0.269 e. The van der Waals surface area contributed by atoms with Crippen LogP contribution in [0, 0.1) is 21.4 Å². The van der Waals surface area contributed by atoms with Gasteiger partial charge in [0.1, 0.15) is 6.29 Å². The van der Waals surface area contributed by atoms with Crippen molar-refractivity contribution in [3.05, 3.63) is 39.9 Å². The van der Waals surface area contributed by atoms with Gasteiger partial charge < -0.3 is 21.6 Å². The second-order valence-electron chi connectivity index (χ2n) is 7.62. The predicted molar refractivity (Wildman–Crippen MR) is 122 cm³/mol. The Morgan fingerprint density at radius 2 is 1.88 bits per heavy atom. The number of carbonyl (C=O) groups excluding carboxylic acids is 3. The highest BCUT2D eigenvalue weighted by molar-refractivity contribution is 6.00. The van der Waals surface area contributed by atoms with Crippen molar-refractivity contribution in [2.75, 3.05) is 6.54 Å². The van der Waals surface area contributed by atoms with Gasteiger partial charge in [-0.15, -0.1) is 12.4 Å². The number of aldehydes is 1. The molecule has 1 aromatic rings. The predicted octanol–water partition coefficient (Wildman–Crippen LogP) is 1.12. The number of rotatable bonds is 12. The third kappa shape index (κ3) is 9.40. The lowest BCUT2D eigenvalue weighted by molar-refractivity contribution is -0.384. The van der Waals surface area contributed by atoms with E-state index in [-0.39, 0.29) is 42.8 Å². The fourth-order valence-electron chi connectivity index (χ4n) is 3.05. The molecule has 12 heteroatoms. The Labute approximate surface area is 193 Å². The second kappa shape index (κ2) is 14.1. The van der Waals surface area contributed by atoms with E-state index in [0.717, 1.165) is 4.90 Å². The monoisotopic (exact) mass is 470 g/mol. The minimum absolute atomic E-state index is 0. The first-order valence-electron chi connectivity index (χ1n) is 9.94. The average molecular weight is 471 g/mol. The molecule has 2 amide bonds. The number of carbonyl (C=O) groups is 3. The molecule has 0 aliphatic carbocycles. The number of amides is 2. The largest absolute Gasteiger partial charge is 0.370 e. The van der Waals surface area contributed by atoms with Crippen LogP contribution in [-0.4, -0.2) is 52.5 Å². The van der Waals surface area contributed by atoms with Crippen LogP contribution in [0.25, 0.3) is 0 Å². The standard InChI is InChI=1S/C20H30N6O5.ClH/c1-13(2)10-17(21)19(29)25(16(12-27)4-3-9-24-20(22)23)18(28)11-14-5-7-15(8-6-14)26(30)31;/h5-8,12-13,16-17H,3-4,9-11,21H2,1-2H3,(H4,22,23,24);1H/t16-,17-;/m0./s1. The van der Waals surface area contributed by atoms with Gasteiger partial charge in [0.2, 0.25) is 11.8 Å². The highest BCUT2D eigenvalue weighted by Crippen LogP contribution is 2.16. The number of hydrogen-bond donors (Lipinski definition) is 4. The van der Waals surface area contributed by atoms with Gasteiger partial charge in [-0.25, -0.2) is 0 Å². The first-order valence-corrected chi connectivity index (χ1v) is 9.94. The Kier molecular flexibility index (Phi) is 12.8. The van der Waals surface area contributed by atoms with Gasteiger partial charge in [0.25, 0.3) is 5.69 Å². The van der Waals surface area contributed by atoms with E-state index < -0.39 is 28.8 Å². The summed E-state index contributed by atoms with van der Waals surface area (Å²) in [6.45, 7) is 4.08. The van der Waals surface area contributed by atoms with E-state index in [4.69, 9.17) is 16.9 Å². The molecule has 0 aliphatic heterocycles. The second-order valence-corrected chi connectivity index (χ2v) is 7.62. The van der Waals surface area contributed by atoms with E-state index in [2.05, 4.69) is 5.32 Å². The molecular formula is C20H31ClN6O5. The smallest absolute Gasteiger partial charge is 0.269 e. The summed E-state index contributed by atoms with van der Waals surface area (Å²) in [4.78, 5) is 48.8. The van der Waals surface area contributed by atoms with Crippen molar-refractivity contribution < 1.29 is 19.3 Å². The van der Waals surface area contributed by atoms with E-state index in [1.165, 1.54) is 24.3 Å². The Balaban J connectivity index is 0.00000961. The van der Waals surface area contributed by atoms with Crippen molar-refractivity contribution in [2.45, 2.75) is 51.6 Å². The molecule has 0 aliphatic rings. The fraction of sp³-hybridized carbons (Fsp3) is 0.500. The molecule has 6 N–H and O–H groups in total. The molecule has 0 aromatic heterocycles. The summed E-state index contributed by atoms with van der Waals surface area (Å²) in [6, 6.07) is 3.43. The molecule has 178 valence electrons. The summed E-state index contributed by atoms with van der Waals surface area (Å²) in [5.41, 5.74) is 11.6. The number of hydrogen-bond acceptors (Lipinski definition) is 7. The molecule has 1 rings (SSSR count). The average Bonchev–Trinajstić information content (AvgIpc) is 2.69. The molecule has 1 aromatic carbocycles. The Bertz CT molecular complexity index is 802. The molecule has 0 radical (unpaired) electrons. The van der Waals surface area contributed by atoms with Crippen molar-refractivity contribution >= 4 is 42.2 Å². The lowest BCUT2D eigenvalue weighted by Gasteiger charge is -2.29. The highest BCUT2D eigenvalue weighted by atomic mass is 35.5. The van der Waals surface area contributed by atoms with Crippen LogP contribution in [0.15, 0.2) is 24.3 Å². The zero-order valence-electron chi connectivity index (χ0n) is 18.2. The fourth-order valence-corrected chi connectivity index (χ4v) is 3.05. The van der Waals surface area contributed by atoms with E-state index in [1.807, 2.05) is 13.8 Å². The maximum absolute atomic E-state index is 13.0. The lowest BCUT2D eigenvalue weighted by atomic mass is 10.0. The van der Waals surface area contributed by atoms with Crippen LogP contribution in [0.2, 0.25) is 0 Å². The van der Waals surface area contributed by atoms with Crippen LogP contribution in [0.1, 0.15) is 38.7 Å². The van der Waals surface area contributed by atoms with Crippen LogP contribution in [0.4, 0.5) is 5.69 Å². The number of nitro benzene ring substituents is 1. The Morgan fingerprint density at radius 1 is 1.28 bits per heavy atom. The van der Waals surface area contributed by atoms with Crippen molar-refractivity contribution in [1.29, 1.82) is 5.41 Å². The zero-order valence-corrected chi connectivity index (χ0v) is 19.0. The summed E-state index contributed by atoms with van der Waals surface area (Å²) >= 11 is 0. The third-order valence-electron chi connectivity index (χ3n) is 4.53. The number of halogens is 1. The summed E-state index contributed by atoms with van der Waals surface area (Å²) < 4.78 is 0. The van der Waals surface area contributed by atoms with Crippen LogP contribution >= 0.6 is 12.4 Å². The molecule has 0 spiro atoms. The van der Waals surface area contributed by atoms with E-state index >= 15 is 0 Å². The molecule has 0 heterocycles. The molecule has 0 unspecified atom stereocenters. The summed E-state index contributed by atoms with van der Waals surface area (Å²) in [6.07, 6.45) is 1.22. The van der Waals surface area contributed by atoms with E-state index in [0.29, 0.717) is 31.2 Å². The van der Waals surface area contributed by atoms with Gasteiger partial charge in [0.05, 0.1) is 23.4 Å². The van der Waals surface area contributed by atoms with Gasteiger partial charge in [-0.3, -0.25) is 30.0 Å². The number of guanidine groups is 1. The number of benzene rings is 1. The Morgan fingerprint density at radius 3 is 2.34 bits per heavy atom. The molecule has 11 nitrogen and oxygen atoms in total. The molecule has 0 bridgehead atoms. The van der Waals surface area contributed by atoms with E-state index in [1.54, 1.807) is 0 Å². The van der Waals surface area contributed by atoms with Crippen molar-refractivity contribution in [3.63, 3.8) is 0 Å². The summed E-state index contributed by atoms with van der Waals surface area (Å²) in [5, 5.41) is 20.6. The van der Waals surface area contributed by atoms with Crippen molar-refractivity contribution in [1.82, 2.24) is 10.2 Å². The first-order chi connectivity index (χ1) is 14.6. The molecule has 32 heavy (non-hydrogen) atoms. The molecular weight excluding hydrogens is 440 g/mol. The highest BCUT2D eigenvalue weighted by Gasteiger charge is 2.33. The molecule has 0 fully saturated rings. The van der Waals surface area contributed by atoms with Gasteiger partial charge in [-0.05, 0) is 30.7 Å². The van der Waals surface area contributed by atoms with Gasteiger partial charge in [0, 0.05) is 18.7 Å². The van der Waals surface area contributed by atoms with Gasteiger partial charge >= 0.3 is 0 Å². The van der Waals surface area contributed by atoms with Gasteiger partial charge in [-0.2, -0.15) is 0 Å². The minimum atomic E-state index is -1.02. The topological polar surface area (TPSA) is 186 Å². The van der Waals surface area contributed by atoms with Crippen LogP contribution < -0.4 is 16.8 Å². The first kappa shape index (κ1) is 28.9. The number of imide groups is 1. The van der Waals surface area contributed by atoms with Crippen molar-refractivity contribution in [2.24, 2.45) is 17.4 Å². The van der Waals surface area contributed by atoms with Crippen LogP contribution in [-0.2, 0) is 20.8 Å². The maximum atomic E-state index is 13.0. The van der Waals surface area contributed by atoms with E-state index in [9.17, 15) is 24.5 Å². The normalized spacial score (nSPS) is 12.2. The zero-order chi connectivity index (χ0) is 23.6. The van der Waals surface area contributed by atoms with Crippen molar-refractivity contribution in [3.8, 4) is 0 Å². The third-order valence-corrected chi connectivity index (χ3v) is 4.53. The molecule has 0 saturated carbocycles. The molecule has 2 atom stereocenters. The quantitative estimate of drug-likeness (QED) is 0.0873. The van der Waals surface area contributed by atoms with Gasteiger partial charge in [-0.1, -0.05) is 26.0 Å². The number of nitrogens with zero attached hydrogens (tertiary/aromatic N) is 2. The number of nitro groups is 1. The summed E-state index contributed by atoms with van der Waals surface area (Å²) in [5.74, 6) is -1.37. The van der Waals surface area contributed by atoms with Gasteiger partial charge in [0.15, 0.2) is 5.96 Å². The lowest BCUT2D eigenvalue weighted by Crippen LogP contribution is -2.53. The minimum Gasteiger partial charge on any atom is -0.370 e. The van der Waals surface area contributed by atoms with Crippen LogP contribution in [0.3, 0.4) is 0 Å². The number of non-ortho nitro benzene ring substituents is 1.